The largest absolute Gasteiger partial charge is 0.339 e. The summed E-state index contributed by atoms with van der Waals surface area (Å²) in [5.41, 5.74) is 0. The van der Waals surface area contributed by atoms with Gasteiger partial charge in [-0.1, -0.05) is 13.8 Å². The molecule has 0 spiro atoms. The molecule has 1 saturated heterocycles. The molecule has 1 saturated carbocycles. The zero-order chi connectivity index (χ0) is 12.3. The number of nitrogens with one attached hydrogen (secondary N) is 1. The predicted octanol–water partition coefficient (Wildman–Crippen LogP) is 2.02. The van der Waals surface area contributed by atoms with Gasteiger partial charge in [-0.15, -0.1) is 0 Å². The SMILES string of the molecule is CC(C)CCN(C(=O)[C@H]1CCCNC1)C1CC1. The number of hydrogen-bond donors (Lipinski definition) is 1. The van der Waals surface area contributed by atoms with Gasteiger partial charge < -0.3 is 10.2 Å². The van der Waals surface area contributed by atoms with E-state index in [2.05, 4.69) is 24.1 Å². The first kappa shape index (κ1) is 12.9. The summed E-state index contributed by atoms with van der Waals surface area (Å²) in [6.45, 7) is 7.41. The van der Waals surface area contributed by atoms with E-state index in [1.165, 1.54) is 12.8 Å². The highest BCUT2D eigenvalue weighted by Gasteiger charge is 2.35. The third-order valence-corrected chi connectivity index (χ3v) is 3.86. The van der Waals surface area contributed by atoms with Crippen molar-refractivity contribution in [1.29, 1.82) is 0 Å². The maximum Gasteiger partial charge on any atom is 0.227 e. The highest BCUT2D eigenvalue weighted by atomic mass is 16.2. The van der Waals surface area contributed by atoms with Crippen LogP contribution in [0.2, 0.25) is 0 Å². The number of carbonyl (C=O) groups is 1. The average molecular weight is 238 g/mol. The average Bonchev–Trinajstić information content (AvgIpc) is 3.14. The second kappa shape index (κ2) is 5.85. The van der Waals surface area contributed by atoms with Crippen molar-refractivity contribution < 1.29 is 4.79 Å². The molecule has 3 nitrogen and oxygen atoms in total. The van der Waals surface area contributed by atoms with E-state index in [1.807, 2.05) is 0 Å². The first-order valence-electron chi connectivity index (χ1n) is 7.19. The molecule has 0 unspecified atom stereocenters. The molecular weight excluding hydrogens is 212 g/mol. The van der Waals surface area contributed by atoms with E-state index in [4.69, 9.17) is 0 Å². The molecule has 0 radical (unpaired) electrons. The number of rotatable bonds is 5. The summed E-state index contributed by atoms with van der Waals surface area (Å²) >= 11 is 0. The van der Waals surface area contributed by atoms with Gasteiger partial charge in [-0.25, -0.2) is 0 Å². The lowest BCUT2D eigenvalue weighted by Gasteiger charge is -2.30. The van der Waals surface area contributed by atoms with Gasteiger partial charge >= 0.3 is 0 Å². The van der Waals surface area contributed by atoms with Crippen molar-refractivity contribution in [2.24, 2.45) is 11.8 Å². The first-order chi connectivity index (χ1) is 8.18. The van der Waals surface area contributed by atoms with E-state index in [0.29, 0.717) is 17.9 Å². The van der Waals surface area contributed by atoms with E-state index < -0.39 is 0 Å². The number of nitrogens with zero attached hydrogens (tertiary/aromatic N) is 1. The topological polar surface area (TPSA) is 32.3 Å². The molecular formula is C14H26N2O. The van der Waals surface area contributed by atoms with Gasteiger partial charge in [0, 0.05) is 19.1 Å². The minimum atomic E-state index is 0.247. The Morgan fingerprint density at radius 3 is 2.65 bits per heavy atom. The number of piperidine rings is 1. The maximum absolute atomic E-state index is 12.5. The molecule has 1 aliphatic carbocycles. The standard InChI is InChI=1S/C14H26N2O/c1-11(2)7-9-16(13-5-6-13)14(17)12-4-3-8-15-10-12/h11-13,15H,3-10H2,1-2H3/t12-/m0/s1. The molecule has 1 amide bonds. The van der Waals surface area contributed by atoms with Crippen LogP contribution in [0.5, 0.6) is 0 Å². The van der Waals surface area contributed by atoms with Gasteiger partial charge in [0.15, 0.2) is 0 Å². The number of hydrogen-bond acceptors (Lipinski definition) is 2. The van der Waals surface area contributed by atoms with Gasteiger partial charge in [0.1, 0.15) is 0 Å². The van der Waals surface area contributed by atoms with Crippen molar-refractivity contribution >= 4 is 5.91 Å². The molecule has 98 valence electrons. The second-order valence-electron chi connectivity index (χ2n) is 5.99. The van der Waals surface area contributed by atoms with Gasteiger partial charge in [0.25, 0.3) is 0 Å². The van der Waals surface area contributed by atoms with Crippen LogP contribution in [0, 0.1) is 11.8 Å². The van der Waals surface area contributed by atoms with Crippen LogP contribution >= 0.6 is 0 Å². The minimum absolute atomic E-state index is 0.247. The molecule has 0 aromatic rings. The molecule has 1 heterocycles. The molecule has 2 aliphatic rings. The van der Waals surface area contributed by atoms with Gasteiger partial charge in [0.05, 0.1) is 5.92 Å². The van der Waals surface area contributed by atoms with Gasteiger partial charge in [-0.2, -0.15) is 0 Å². The lowest BCUT2D eigenvalue weighted by atomic mass is 9.97. The summed E-state index contributed by atoms with van der Waals surface area (Å²) in [4.78, 5) is 14.7. The summed E-state index contributed by atoms with van der Waals surface area (Å²) < 4.78 is 0. The Morgan fingerprint density at radius 1 is 1.35 bits per heavy atom. The quantitative estimate of drug-likeness (QED) is 0.795. The fourth-order valence-corrected chi connectivity index (χ4v) is 2.55. The number of amides is 1. The van der Waals surface area contributed by atoms with Crippen LogP contribution in [-0.4, -0.2) is 36.5 Å². The van der Waals surface area contributed by atoms with E-state index in [-0.39, 0.29) is 5.92 Å². The molecule has 0 aromatic heterocycles. The molecule has 3 heteroatoms. The summed E-state index contributed by atoms with van der Waals surface area (Å²) in [6.07, 6.45) is 5.83. The predicted molar refractivity (Wildman–Crippen MR) is 69.8 cm³/mol. The number of carbonyl (C=O) groups excluding carboxylic acids is 1. The first-order valence-corrected chi connectivity index (χ1v) is 7.19. The van der Waals surface area contributed by atoms with E-state index in [9.17, 15) is 4.79 Å². The molecule has 1 atom stereocenters. The smallest absolute Gasteiger partial charge is 0.227 e. The van der Waals surface area contributed by atoms with Crippen molar-refractivity contribution in [2.45, 2.75) is 52.0 Å². The summed E-state index contributed by atoms with van der Waals surface area (Å²) in [5, 5.41) is 3.35. The van der Waals surface area contributed by atoms with E-state index in [0.717, 1.165) is 38.9 Å². The summed E-state index contributed by atoms with van der Waals surface area (Å²) in [5.74, 6) is 1.35. The second-order valence-corrected chi connectivity index (χ2v) is 5.99. The van der Waals surface area contributed by atoms with Crippen molar-refractivity contribution in [3.8, 4) is 0 Å². The molecule has 1 aliphatic heterocycles. The fraction of sp³-hybridized carbons (Fsp3) is 0.929. The molecule has 1 N–H and O–H groups in total. The third-order valence-electron chi connectivity index (χ3n) is 3.86. The lowest BCUT2D eigenvalue weighted by Crippen LogP contribution is -2.44. The van der Waals surface area contributed by atoms with Gasteiger partial charge in [0.2, 0.25) is 5.91 Å². The Balaban J connectivity index is 1.87. The third kappa shape index (κ3) is 3.70. The Labute approximate surface area is 105 Å². The van der Waals surface area contributed by atoms with Crippen molar-refractivity contribution in [3.05, 3.63) is 0 Å². The lowest BCUT2D eigenvalue weighted by molar-refractivity contribution is -0.136. The Bertz CT molecular complexity index is 255. The Kier molecular flexibility index (Phi) is 4.43. The molecule has 17 heavy (non-hydrogen) atoms. The fourth-order valence-electron chi connectivity index (χ4n) is 2.55. The highest BCUT2D eigenvalue weighted by molar-refractivity contribution is 5.79. The van der Waals surface area contributed by atoms with Crippen LogP contribution in [0.3, 0.4) is 0 Å². The minimum Gasteiger partial charge on any atom is -0.339 e. The highest BCUT2D eigenvalue weighted by Crippen LogP contribution is 2.29. The summed E-state index contributed by atoms with van der Waals surface area (Å²) in [7, 11) is 0. The van der Waals surface area contributed by atoms with Crippen LogP contribution in [-0.2, 0) is 4.79 Å². The van der Waals surface area contributed by atoms with Crippen LogP contribution in [0.15, 0.2) is 0 Å². The maximum atomic E-state index is 12.5. The monoisotopic (exact) mass is 238 g/mol. The van der Waals surface area contributed by atoms with Crippen molar-refractivity contribution in [3.63, 3.8) is 0 Å². The van der Waals surface area contributed by atoms with Crippen LogP contribution in [0.4, 0.5) is 0 Å². The molecule has 2 fully saturated rings. The van der Waals surface area contributed by atoms with Crippen LogP contribution in [0.25, 0.3) is 0 Å². The van der Waals surface area contributed by atoms with Crippen molar-refractivity contribution in [1.82, 2.24) is 10.2 Å². The van der Waals surface area contributed by atoms with E-state index in [1.54, 1.807) is 0 Å². The van der Waals surface area contributed by atoms with Crippen LogP contribution in [0.1, 0.15) is 46.0 Å². The Morgan fingerprint density at radius 2 is 2.12 bits per heavy atom. The van der Waals surface area contributed by atoms with E-state index >= 15 is 0 Å². The zero-order valence-corrected chi connectivity index (χ0v) is 11.2. The van der Waals surface area contributed by atoms with Crippen LogP contribution < -0.4 is 5.32 Å². The zero-order valence-electron chi connectivity index (χ0n) is 11.2. The van der Waals surface area contributed by atoms with Gasteiger partial charge in [-0.3, -0.25) is 4.79 Å². The Hall–Kier alpha value is -0.570. The normalized spacial score (nSPS) is 25.0. The molecule has 2 rings (SSSR count). The molecule has 0 bridgehead atoms. The van der Waals surface area contributed by atoms with Crippen molar-refractivity contribution in [2.75, 3.05) is 19.6 Å². The van der Waals surface area contributed by atoms with Gasteiger partial charge in [-0.05, 0) is 44.6 Å². The summed E-state index contributed by atoms with van der Waals surface area (Å²) in [6, 6.07) is 0.572. The molecule has 0 aromatic carbocycles.